The van der Waals surface area contributed by atoms with E-state index in [2.05, 4.69) is 32.4 Å². The van der Waals surface area contributed by atoms with E-state index in [1.54, 1.807) is 0 Å². The van der Waals surface area contributed by atoms with Crippen molar-refractivity contribution in [2.45, 2.75) is 39.0 Å². The van der Waals surface area contributed by atoms with Crippen LogP contribution in [0.1, 0.15) is 37.7 Å². The van der Waals surface area contributed by atoms with E-state index in [1.807, 2.05) is 30.1 Å². The van der Waals surface area contributed by atoms with Crippen molar-refractivity contribution in [1.29, 1.82) is 0 Å². The summed E-state index contributed by atoms with van der Waals surface area (Å²) in [6.07, 6.45) is 8.42. The van der Waals surface area contributed by atoms with Crippen molar-refractivity contribution >= 4 is 5.82 Å². The molecule has 0 bridgehead atoms. The van der Waals surface area contributed by atoms with Crippen LogP contribution in [0.25, 0.3) is 11.4 Å². The minimum absolute atomic E-state index is 0.858. The molecule has 2 aliphatic heterocycles. The van der Waals surface area contributed by atoms with Gasteiger partial charge in [-0.25, -0.2) is 0 Å². The number of rotatable bonds is 7. The third-order valence-corrected chi connectivity index (χ3v) is 7.67. The number of nitrogens with one attached hydrogen (secondary N) is 1. The Morgan fingerprint density at radius 3 is 2.48 bits per heavy atom. The van der Waals surface area contributed by atoms with E-state index in [0.29, 0.717) is 0 Å². The number of hydrogen-bond donors (Lipinski definition) is 1. The van der Waals surface area contributed by atoms with Crippen LogP contribution in [0, 0.1) is 30.6 Å². The number of hydrogen-bond acceptors (Lipinski definition) is 6. The van der Waals surface area contributed by atoms with E-state index in [9.17, 15) is 0 Å². The molecule has 4 heterocycles. The number of aromatic nitrogens is 4. The summed E-state index contributed by atoms with van der Waals surface area (Å²) in [4.78, 5) is 2.75. The fourth-order valence-electron chi connectivity index (χ4n) is 6.07. The van der Waals surface area contributed by atoms with Gasteiger partial charge in [-0.05, 0) is 80.4 Å². The van der Waals surface area contributed by atoms with Crippen molar-refractivity contribution in [3.05, 3.63) is 23.9 Å². The summed E-state index contributed by atoms with van der Waals surface area (Å²) in [5.41, 5.74) is 3.02. The van der Waals surface area contributed by atoms with Gasteiger partial charge in [-0.1, -0.05) is 0 Å². The highest BCUT2D eigenvalue weighted by Crippen LogP contribution is 2.43. The number of likely N-dealkylation sites (tertiary alicyclic amines) is 1. The number of anilines is 1. The molecule has 2 aromatic rings. The Kier molecular flexibility index (Phi) is 6.23. The highest BCUT2D eigenvalue weighted by molar-refractivity contribution is 5.59. The zero-order chi connectivity index (χ0) is 21.2. The summed E-state index contributed by atoms with van der Waals surface area (Å²) < 4.78 is 7.37. The molecule has 0 radical (unpaired) electrons. The van der Waals surface area contributed by atoms with Crippen LogP contribution in [0.3, 0.4) is 0 Å². The number of fused-ring (bicyclic) bond motifs is 1. The first-order chi connectivity index (χ1) is 15.2. The van der Waals surface area contributed by atoms with Crippen LogP contribution in [-0.2, 0) is 11.8 Å². The molecular weight excluding hydrogens is 388 g/mol. The van der Waals surface area contributed by atoms with Gasteiger partial charge in [-0.3, -0.25) is 4.68 Å². The second-order valence-electron chi connectivity index (χ2n) is 9.95. The normalized spacial score (nSPS) is 27.0. The maximum atomic E-state index is 5.52. The van der Waals surface area contributed by atoms with Gasteiger partial charge in [-0.15, -0.1) is 10.2 Å². The minimum atomic E-state index is 0.858. The minimum Gasteiger partial charge on any atom is -0.381 e. The zero-order valence-corrected chi connectivity index (χ0v) is 19.0. The summed E-state index contributed by atoms with van der Waals surface area (Å²) in [7, 11) is 1.94. The Bertz CT molecular complexity index is 826. The van der Waals surface area contributed by atoms with Gasteiger partial charge < -0.3 is 15.0 Å². The van der Waals surface area contributed by atoms with Gasteiger partial charge in [0, 0.05) is 46.4 Å². The fraction of sp³-hybridized carbons (Fsp3) is 0.708. The molecule has 5 rings (SSSR count). The molecule has 2 aromatic heterocycles. The SMILES string of the molecule is Cc1cnn(C)c1-c1ccc(NCCC2CC3CN(CC4CCOCC4)CC3C2)nn1. The second-order valence-corrected chi connectivity index (χ2v) is 9.95. The average molecular weight is 425 g/mol. The first-order valence-corrected chi connectivity index (χ1v) is 12.0. The van der Waals surface area contributed by atoms with Crippen molar-refractivity contribution in [2.24, 2.45) is 30.7 Å². The quantitative estimate of drug-likeness (QED) is 0.735. The highest BCUT2D eigenvalue weighted by Gasteiger charge is 2.40. The van der Waals surface area contributed by atoms with E-state index in [4.69, 9.17) is 4.74 Å². The van der Waals surface area contributed by atoms with Crippen LogP contribution < -0.4 is 5.32 Å². The molecule has 7 heteroatoms. The lowest BCUT2D eigenvalue weighted by Crippen LogP contribution is -2.31. The standard InChI is InChI=1S/C24H36N6O/c1-17-13-26-29(2)24(17)22-3-4-23(28-27-22)25-8-5-19-11-20-15-30(16-21(20)12-19)14-18-6-9-31-10-7-18/h3-4,13,18-21H,5-12,14-16H2,1-2H3,(H,25,28). The molecule has 3 aliphatic rings. The van der Waals surface area contributed by atoms with Crippen LogP contribution in [-0.4, -0.2) is 64.3 Å². The van der Waals surface area contributed by atoms with Crippen LogP contribution in [0.2, 0.25) is 0 Å². The molecule has 7 nitrogen and oxygen atoms in total. The van der Waals surface area contributed by atoms with Gasteiger partial charge in [0.15, 0.2) is 0 Å². The molecule has 2 unspecified atom stereocenters. The molecule has 3 fully saturated rings. The zero-order valence-electron chi connectivity index (χ0n) is 19.0. The molecule has 168 valence electrons. The highest BCUT2D eigenvalue weighted by atomic mass is 16.5. The summed E-state index contributed by atoms with van der Waals surface area (Å²) in [6.45, 7) is 8.92. The lowest BCUT2D eigenvalue weighted by atomic mass is 9.99. The van der Waals surface area contributed by atoms with Crippen molar-refractivity contribution < 1.29 is 4.74 Å². The Morgan fingerprint density at radius 2 is 1.84 bits per heavy atom. The van der Waals surface area contributed by atoms with Gasteiger partial charge >= 0.3 is 0 Å². The van der Waals surface area contributed by atoms with Crippen LogP contribution >= 0.6 is 0 Å². The van der Waals surface area contributed by atoms with Crippen LogP contribution in [0.5, 0.6) is 0 Å². The number of ether oxygens (including phenoxy) is 1. The van der Waals surface area contributed by atoms with Gasteiger partial charge in [0.25, 0.3) is 0 Å². The predicted molar refractivity (Wildman–Crippen MR) is 122 cm³/mol. The Labute approximate surface area is 185 Å². The molecule has 0 spiro atoms. The molecule has 1 saturated carbocycles. The van der Waals surface area contributed by atoms with E-state index in [1.165, 1.54) is 51.7 Å². The largest absolute Gasteiger partial charge is 0.381 e. The molecule has 0 amide bonds. The van der Waals surface area contributed by atoms with Crippen molar-refractivity contribution in [3.63, 3.8) is 0 Å². The molecule has 2 atom stereocenters. The first-order valence-electron chi connectivity index (χ1n) is 12.0. The smallest absolute Gasteiger partial charge is 0.148 e. The lowest BCUT2D eigenvalue weighted by molar-refractivity contribution is 0.0544. The molecule has 1 N–H and O–H groups in total. The van der Waals surface area contributed by atoms with Gasteiger partial charge in [0.2, 0.25) is 0 Å². The lowest BCUT2D eigenvalue weighted by Gasteiger charge is -2.27. The molecule has 1 aliphatic carbocycles. The number of aryl methyl sites for hydroxylation is 2. The van der Waals surface area contributed by atoms with E-state index < -0.39 is 0 Å². The second kappa shape index (κ2) is 9.25. The van der Waals surface area contributed by atoms with Crippen molar-refractivity contribution in [2.75, 3.05) is 44.7 Å². The summed E-state index contributed by atoms with van der Waals surface area (Å²) in [5, 5.41) is 16.6. The van der Waals surface area contributed by atoms with E-state index in [-0.39, 0.29) is 0 Å². The Balaban J connectivity index is 1.04. The number of nitrogens with zero attached hydrogens (tertiary/aromatic N) is 5. The van der Waals surface area contributed by atoms with Gasteiger partial charge in [0.05, 0.1) is 11.9 Å². The molecule has 31 heavy (non-hydrogen) atoms. The molecule has 0 aromatic carbocycles. The third kappa shape index (κ3) is 4.77. The van der Waals surface area contributed by atoms with Gasteiger partial charge in [-0.2, -0.15) is 5.10 Å². The van der Waals surface area contributed by atoms with Gasteiger partial charge in [0.1, 0.15) is 11.5 Å². The summed E-state index contributed by atoms with van der Waals surface area (Å²) in [6, 6.07) is 4.07. The maximum absolute atomic E-state index is 5.52. The van der Waals surface area contributed by atoms with E-state index in [0.717, 1.165) is 66.2 Å². The van der Waals surface area contributed by atoms with Crippen LogP contribution in [0.15, 0.2) is 18.3 Å². The molecule has 2 saturated heterocycles. The van der Waals surface area contributed by atoms with Crippen molar-refractivity contribution in [1.82, 2.24) is 24.9 Å². The summed E-state index contributed by atoms with van der Waals surface area (Å²) in [5.74, 6) is 4.43. The molecular formula is C24H36N6O. The predicted octanol–water partition coefficient (Wildman–Crippen LogP) is 3.37. The summed E-state index contributed by atoms with van der Waals surface area (Å²) >= 11 is 0. The Morgan fingerprint density at radius 1 is 1.06 bits per heavy atom. The Hall–Kier alpha value is -1.99. The fourth-order valence-corrected chi connectivity index (χ4v) is 6.07. The van der Waals surface area contributed by atoms with Crippen molar-refractivity contribution in [3.8, 4) is 11.4 Å². The topological polar surface area (TPSA) is 68.1 Å². The maximum Gasteiger partial charge on any atom is 0.148 e. The average Bonchev–Trinajstić information content (AvgIpc) is 3.42. The monoisotopic (exact) mass is 424 g/mol. The third-order valence-electron chi connectivity index (χ3n) is 7.67. The van der Waals surface area contributed by atoms with E-state index >= 15 is 0 Å². The first kappa shape index (κ1) is 20.9. The van der Waals surface area contributed by atoms with Crippen LogP contribution in [0.4, 0.5) is 5.82 Å².